The summed E-state index contributed by atoms with van der Waals surface area (Å²) in [5.41, 5.74) is 1.46. The van der Waals surface area contributed by atoms with Crippen LogP contribution in [0, 0.1) is 0 Å². The second-order valence-corrected chi connectivity index (χ2v) is 7.43. The fourth-order valence-electron chi connectivity index (χ4n) is 3.12. The van der Waals surface area contributed by atoms with E-state index in [9.17, 15) is 9.59 Å². The first-order valence-electron chi connectivity index (χ1n) is 9.25. The number of piperazine rings is 1. The van der Waals surface area contributed by atoms with Gasteiger partial charge in [-0.05, 0) is 29.8 Å². The standard InChI is InChI=1S/C22H23BrN2O4/c1-28-18-13-17(14-19(15-18)29-2)22(27)25-11-9-24(10-12-25)21(26)8-7-16-5-3-4-6-20(16)23/h3-8,13-15H,9-12H2,1-2H3/b8-7+. The van der Waals surface area contributed by atoms with Gasteiger partial charge >= 0.3 is 0 Å². The van der Waals surface area contributed by atoms with Crippen LogP contribution < -0.4 is 9.47 Å². The van der Waals surface area contributed by atoms with Crippen molar-refractivity contribution >= 4 is 33.8 Å². The third kappa shape index (κ3) is 5.17. The molecule has 0 bridgehead atoms. The van der Waals surface area contributed by atoms with Crippen molar-refractivity contribution in [2.24, 2.45) is 0 Å². The maximum atomic E-state index is 12.9. The normalized spacial score (nSPS) is 14.2. The van der Waals surface area contributed by atoms with Gasteiger partial charge in [-0.2, -0.15) is 0 Å². The van der Waals surface area contributed by atoms with Crippen molar-refractivity contribution in [1.29, 1.82) is 0 Å². The van der Waals surface area contributed by atoms with Crippen molar-refractivity contribution in [3.63, 3.8) is 0 Å². The summed E-state index contributed by atoms with van der Waals surface area (Å²) in [4.78, 5) is 28.8. The summed E-state index contributed by atoms with van der Waals surface area (Å²) in [6.45, 7) is 1.94. The van der Waals surface area contributed by atoms with E-state index in [-0.39, 0.29) is 11.8 Å². The van der Waals surface area contributed by atoms with Gasteiger partial charge in [0, 0.05) is 48.4 Å². The molecule has 0 unspecified atom stereocenters. The zero-order chi connectivity index (χ0) is 20.8. The van der Waals surface area contributed by atoms with E-state index in [4.69, 9.17) is 9.47 Å². The Balaban J connectivity index is 1.61. The first-order chi connectivity index (χ1) is 14.0. The van der Waals surface area contributed by atoms with Crippen molar-refractivity contribution in [2.45, 2.75) is 0 Å². The molecule has 0 radical (unpaired) electrons. The molecule has 1 saturated heterocycles. The molecule has 0 atom stereocenters. The summed E-state index contributed by atoms with van der Waals surface area (Å²) in [6, 6.07) is 12.8. The quantitative estimate of drug-likeness (QED) is 0.643. The monoisotopic (exact) mass is 458 g/mol. The number of methoxy groups -OCH3 is 2. The van der Waals surface area contributed by atoms with Crippen molar-refractivity contribution in [3.05, 3.63) is 64.1 Å². The second kappa shape index (κ2) is 9.60. The molecular formula is C22H23BrN2O4. The van der Waals surface area contributed by atoms with Crippen LogP contribution in [0.15, 0.2) is 53.0 Å². The average molecular weight is 459 g/mol. The van der Waals surface area contributed by atoms with Crippen LogP contribution in [-0.2, 0) is 4.79 Å². The summed E-state index contributed by atoms with van der Waals surface area (Å²) in [5, 5.41) is 0. The number of hydrogen-bond acceptors (Lipinski definition) is 4. The van der Waals surface area contributed by atoms with Gasteiger partial charge in [-0.1, -0.05) is 34.1 Å². The molecule has 0 aliphatic carbocycles. The van der Waals surface area contributed by atoms with Crippen LogP contribution in [0.4, 0.5) is 0 Å². The molecule has 2 aromatic carbocycles. The smallest absolute Gasteiger partial charge is 0.254 e. The third-order valence-electron chi connectivity index (χ3n) is 4.79. The van der Waals surface area contributed by atoms with Gasteiger partial charge < -0.3 is 19.3 Å². The molecule has 2 aromatic rings. The lowest BCUT2D eigenvalue weighted by Gasteiger charge is -2.34. The summed E-state index contributed by atoms with van der Waals surface area (Å²) >= 11 is 3.47. The average Bonchev–Trinajstić information content (AvgIpc) is 2.77. The molecule has 1 heterocycles. The highest BCUT2D eigenvalue weighted by atomic mass is 79.9. The van der Waals surface area contributed by atoms with Crippen LogP contribution >= 0.6 is 15.9 Å². The molecule has 6 nitrogen and oxygen atoms in total. The number of carbonyl (C=O) groups is 2. The van der Waals surface area contributed by atoms with Gasteiger partial charge in [0.25, 0.3) is 5.91 Å². The molecule has 0 N–H and O–H groups in total. The minimum atomic E-state index is -0.0990. The zero-order valence-electron chi connectivity index (χ0n) is 16.4. The first kappa shape index (κ1) is 20.9. The van der Waals surface area contributed by atoms with Crippen LogP contribution in [-0.4, -0.2) is 62.0 Å². The predicted octanol–water partition coefficient (Wildman–Crippen LogP) is 3.46. The van der Waals surface area contributed by atoms with E-state index in [1.807, 2.05) is 24.3 Å². The lowest BCUT2D eigenvalue weighted by molar-refractivity contribution is -0.127. The Morgan fingerprint density at radius 2 is 1.52 bits per heavy atom. The number of nitrogens with zero attached hydrogens (tertiary/aromatic N) is 2. The van der Waals surface area contributed by atoms with Crippen LogP contribution in [0.1, 0.15) is 15.9 Å². The highest BCUT2D eigenvalue weighted by molar-refractivity contribution is 9.10. The van der Waals surface area contributed by atoms with Crippen LogP contribution in [0.5, 0.6) is 11.5 Å². The number of hydrogen-bond donors (Lipinski definition) is 0. The first-order valence-corrected chi connectivity index (χ1v) is 10.0. The number of benzene rings is 2. The Morgan fingerprint density at radius 1 is 0.931 bits per heavy atom. The Hall–Kier alpha value is -2.80. The molecule has 1 aliphatic rings. The molecule has 0 saturated carbocycles. The Labute approximate surface area is 178 Å². The molecule has 1 aliphatic heterocycles. The number of amides is 2. The highest BCUT2D eigenvalue weighted by Crippen LogP contribution is 2.24. The molecule has 3 rings (SSSR count). The highest BCUT2D eigenvalue weighted by Gasteiger charge is 2.24. The van der Waals surface area contributed by atoms with E-state index >= 15 is 0 Å². The Bertz CT molecular complexity index is 899. The minimum absolute atomic E-state index is 0.0594. The summed E-state index contributed by atoms with van der Waals surface area (Å²) in [5.74, 6) is 0.978. The van der Waals surface area contributed by atoms with Gasteiger partial charge in [0.05, 0.1) is 14.2 Å². The molecule has 29 heavy (non-hydrogen) atoms. The van der Waals surface area contributed by atoms with E-state index in [1.54, 1.807) is 54.4 Å². The topological polar surface area (TPSA) is 59.1 Å². The maximum absolute atomic E-state index is 12.9. The number of halogens is 1. The number of rotatable bonds is 5. The van der Waals surface area contributed by atoms with E-state index in [1.165, 1.54) is 0 Å². The fourth-order valence-corrected chi connectivity index (χ4v) is 3.54. The van der Waals surface area contributed by atoms with Gasteiger partial charge in [0.2, 0.25) is 5.91 Å². The van der Waals surface area contributed by atoms with Gasteiger partial charge in [0.1, 0.15) is 11.5 Å². The lowest BCUT2D eigenvalue weighted by Crippen LogP contribution is -2.50. The van der Waals surface area contributed by atoms with Gasteiger partial charge in [-0.15, -0.1) is 0 Å². The van der Waals surface area contributed by atoms with E-state index in [2.05, 4.69) is 15.9 Å². The molecule has 7 heteroatoms. The van der Waals surface area contributed by atoms with Crippen molar-refractivity contribution < 1.29 is 19.1 Å². The van der Waals surface area contributed by atoms with Gasteiger partial charge in [-0.3, -0.25) is 9.59 Å². The molecule has 2 amide bonds. The summed E-state index contributed by atoms with van der Waals surface area (Å²) in [6.07, 6.45) is 3.37. The van der Waals surface area contributed by atoms with E-state index in [0.29, 0.717) is 43.2 Å². The maximum Gasteiger partial charge on any atom is 0.254 e. The molecule has 0 aromatic heterocycles. The Morgan fingerprint density at radius 3 is 2.10 bits per heavy atom. The van der Waals surface area contributed by atoms with Crippen LogP contribution in [0.25, 0.3) is 6.08 Å². The van der Waals surface area contributed by atoms with Crippen LogP contribution in [0.2, 0.25) is 0 Å². The van der Waals surface area contributed by atoms with Crippen molar-refractivity contribution in [1.82, 2.24) is 9.80 Å². The molecule has 0 spiro atoms. The number of ether oxygens (including phenoxy) is 2. The predicted molar refractivity (Wildman–Crippen MR) is 115 cm³/mol. The summed E-state index contributed by atoms with van der Waals surface area (Å²) < 4.78 is 11.4. The minimum Gasteiger partial charge on any atom is -0.497 e. The second-order valence-electron chi connectivity index (χ2n) is 6.57. The Kier molecular flexibility index (Phi) is 6.93. The zero-order valence-corrected chi connectivity index (χ0v) is 18.0. The SMILES string of the molecule is COc1cc(OC)cc(C(=O)N2CCN(C(=O)/C=C/c3ccccc3Br)CC2)c1. The molecule has 1 fully saturated rings. The lowest BCUT2D eigenvalue weighted by atomic mass is 10.1. The van der Waals surface area contributed by atoms with E-state index < -0.39 is 0 Å². The molecule has 152 valence electrons. The third-order valence-corrected chi connectivity index (χ3v) is 5.51. The molecular weight excluding hydrogens is 436 g/mol. The van der Waals surface area contributed by atoms with E-state index in [0.717, 1.165) is 10.0 Å². The van der Waals surface area contributed by atoms with Crippen molar-refractivity contribution in [3.8, 4) is 11.5 Å². The van der Waals surface area contributed by atoms with Gasteiger partial charge in [0.15, 0.2) is 0 Å². The number of carbonyl (C=O) groups excluding carboxylic acids is 2. The van der Waals surface area contributed by atoms with Crippen LogP contribution in [0.3, 0.4) is 0 Å². The summed E-state index contributed by atoms with van der Waals surface area (Å²) in [7, 11) is 3.10. The largest absolute Gasteiger partial charge is 0.497 e. The van der Waals surface area contributed by atoms with Gasteiger partial charge in [-0.25, -0.2) is 0 Å². The van der Waals surface area contributed by atoms with Crippen molar-refractivity contribution in [2.75, 3.05) is 40.4 Å². The fraction of sp³-hybridized carbons (Fsp3) is 0.273.